The Labute approximate surface area is 344 Å². The molecule has 2 aromatic carbocycles. The van der Waals surface area contributed by atoms with Crippen molar-refractivity contribution in [2.75, 3.05) is 6.54 Å². The molecule has 0 aliphatic heterocycles. The van der Waals surface area contributed by atoms with Gasteiger partial charge in [-0.05, 0) is 94.8 Å². The largest absolute Gasteiger partial charge is 0.290 e. The molecule has 0 N–H and O–H groups in total. The van der Waals surface area contributed by atoms with Crippen molar-refractivity contribution in [1.82, 2.24) is 4.90 Å². The standard InChI is InChI=1S/C29H41N.107H2/c1-10-29(9,11-2)17-13-14-22(5)20-30(21(3)4)25(8)27-16-12-15-26-18-23(6)24(7)19-28(26)27;;;;;;;;;;;;;;;;;;;;;;;;;;;;;;;;;;;;;;;;;;;;;;;;;;;;;;;;;;;;;;;;;;;;;;;;;;;;;;;;;;;;;;;;;;;;;;;;;;;;;;;;;;;/h12,14-16,18-19,21,25H,10-11,20H2,1-9H3;107*1H/b22-14+;;;;;;;;;;;;;;;;;;;;;;;;;;;;;;;;;;;;;;;;;;;;;;;;;;;;;;;;;;;;;;;;;;;;;;;;;;;;;;;;;;;;;;;;;;;;;;;;;;;;;;;;;;;. The molecule has 2 aromatic rings. The van der Waals surface area contributed by atoms with Crippen molar-refractivity contribution in [2.45, 2.75) is 87.2 Å². The second kappa shape index (κ2) is 10.3. The number of hydrogen-bond donors (Lipinski definition) is 0. The number of allylic oxidation sites excluding steroid dienone is 1. The molecule has 0 saturated heterocycles. The third-order valence-electron chi connectivity index (χ3n) is 6.82. The van der Waals surface area contributed by atoms with Crippen molar-refractivity contribution in [2.24, 2.45) is 5.41 Å². The number of rotatable bonds is 7. The molecule has 0 aromatic heterocycles. The summed E-state index contributed by atoms with van der Waals surface area (Å²) in [4.78, 5) is 2.58. The minimum absolute atomic E-state index is 0. The van der Waals surface area contributed by atoms with Gasteiger partial charge in [0.2, 0.25) is 0 Å². The molecule has 0 fully saturated rings. The highest BCUT2D eigenvalue weighted by molar-refractivity contribution is 5.87. The normalized spacial score (nSPS) is 13.6. The Morgan fingerprint density at radius 3 is 2.33 bits per heavy atom. The number of aryl methyl sites for hydroxylation is 2. The highest BCUT2D eigenvalue weighted by Crippen LogP contribution is 2.31. The lowest BCUT2D eigenvalue weighted by Crippen LogP contribution is -2.35. The molecule has 0 spiro atoms. The molecule has 0 amide bonds. The quantitative estimate of drug-likeness (QED) is 0.279. The molecular weight excluding hydrogens is 362 g/mol. The molecule has 1 unspecified atom stereocenters. The smallest absolute Gasteiger partial charge is 0.0332 e. The van der Waals surface area contributed by atoms with Crippen LogP contribution in [0.15, 0.2) is 42.0 Å². The second-order valence-corrected chi connectivity index (χ2v) is 9.47. The first-order valence-corrected chi connectivity index (χ1v) is 11.6. The highest BCUT2D eigenvalue weighted by Gasteiger charge is 2.21. The van der Waals surface area contributed by atoms with Crippen molar-refractivity contribution >= 4 is 10.8 Å². The Kier molecular flexibility index (Phi) is 8.34. The summed E-state index contributed by atoms with van der Waals surface area (Å²) in [5.41, 5.74) is 5.58. The first-order valence-electron chi connectivity index (χ1n) is 11.6. The second-order valence-electron chi connectivity index (χ2n) is 9.47. The summed E-state index contributed by atoms with van der Waals surface area (Å²) in [7, 11) is 0. The number of hydrogen-bond acceptors (Lipinski definition) is 1. The van der Waals surface area contributed by atoms with Gasteiger partial charge in [0, 0.05) is 177 Å². The average Bonchev–Trinajstić information content (AvgIpc) is 2.71. The first kappa shape index (κ1) is 24.2. The van der Waals surface area contributed by atoms with E-state index in [1.807, 2.05) is 0 Å². The molecule has 0 heterocycles. The zero-order valence-electron chi connectivity index (χ0n) is 20.7. The summed E-state index contributed by atoms with van der Waals surface area (Å²) in [6.07, 6.45) is 4.32. The van der Waals surface area contributed by atoms with Crippen molar-refractivity contribution in [3.8, 4) is 11.8 Å². The topological polar surface area (TPSA) is 3.24 Å². The summed E-state index contributed by atoms with van der Waals surface area (Å²) in [5.74, 6) is 6.84. The fourth-order valence-corrected chi connectivity index (χ4v) is 3.98. The van der Waals surface area contributed by atoms with Crippen LogP contribution < -0.4 is 0 Å². The molecule has 1 nitrogen and oxygen atoms in total. The summed E-state index contributed by atoms with van der Waals surface area (Å²) in [6.45, 7) is 21.2. The SMILES string of the molecule is CCC(C)(C#C/C=C(\C)CN(C(C)C)C(C)c1cccc2cc(C)c(C)cc12)CC.[HH].[HH].[HH].[HH].[HH].[HH].[HH].[HH].[HH].[HH].[HH].[HH].[HH].[HH].[HH].[HH].[HH].[HH].[HH].[HH].[HH].[HH].[HH].[HH].[HH].[HH].[HH].[HH].[HH].[HH].[HH].[HH].[HH].[HH].[HH].[HH].[HH].[HH].[HH].[HH].[HH].[HH].[HH].[HH].[HH].[HH].[HH].[HH].[HH].[HH].[HH].[HH].[HH].[HH].[HH].[HH].[HH].[HH].[HH].[HH].[HH].[HH].[HH].[HH].[HH].[HH].[HH].[HH].[HH].[HH].[HH].[HH].[HH].[HH].[HH].[HH].[HH].[HH].[HH].[HH].[HH].[HH].[HH].[HH].[HH].[HH].[HH].[HH].[HH].[HH].[HH].[HH].[HH].[HH].[HH].[HH].[HH].[HH].[HH].[HH].[HH].[HH].[HH].[HH].[HH].[HH].[HH]. The van der Waals surface area contributed by atoms with Gasteiger partial charge in [0.1, 0.15) is 0 Å². The van der Waals surface area contributed by atoms with E-state index in [2.05, 4.69) is 115 Å². The lowest BCUT2D eigenvalue weighted by Gasteiger charge is -2.34. The molecule has 0 radical (unpaired) electrons. The molecule has 0 aliphatic rings. The van der Waals surface area contributed by atoms with Gasteiger partial charge in [-0.1, -0.05) is 61.6 Å². The fourth-order valence-electron chi connectivity index (χ4n) is 3.98. The summed E-state index contributed by atoms with van der Waals surface area (Å²) >= 11 is 0. The fraction of sp³-hybridized carbons (Fsp3) is 0.517. The van der Waals surface area contributed by atoms with Crippen LogP contribution in [0.5, 0.6) is 0 Å². The van der Waals surface area contributed by atoms with Crippen LogP contribution in [0.2, 0.25) is 0 Å². The maximum absolute atomic E-state index is 3.48. The van der Waals surface area contributed by atoms with Crippen LogP contribution in [-0.4, -0.2) is 17.5 Å². The van der Waals surface area contributed by atoms with Gasteiger partial charge in [-0.3, -0.25) is 4.90 Å². The minimum atomic E-state index is 0. The number of fused-ring (bicyclic) bond motifs is 1. The minimum Gasteiger partial charge on any atom is -0.290 e. The lowest BCUT2D eigenvalue weighted by molar-refractivity contribution is 0.181. The van der Waals surface area contributed by atoms with Crippen LogP contribution in [0.25, 0.3) is 10.8 Å². The van der Waals surface area contributed by atoms with Crippen molar-refractivity contribution < 1.29 is 153 Å². The summed E-state index contributed by atoms with van der Waals surface area (Å²) in [5, 5.41) is 2.71. The Balaban J connectivity index is -0.000000000864. The Morgan fingerprint density at radius 1 is 1.10 bits per heavy atom. The van der Waals surface area contributed by atoms with Gasteiger partial charge in [-0.15, -0.1) is 0 Å². The Morgan fingerprint density at radius 2 is 1.73 bits per heavy atom. The van der Waals surface area contributed by atoms with E-state index in [4.69, 9.17) is 0 Å². The van der Waals surface area contributed by atoms with Crippen LogP contribution in [0, 0.1) is 31.1 Å². The molecule has 1 atom stereocenters. The summed E-state index contributed by atoms with van der Waals surface area (Å²) in [6, 6.07) is 12.2. The van der Waals surface area contributed by atoms with E-state index in [0.29, 0.717) is 12.1 Å². The van der Waals surface area contributed by atoms with Crippen LogP contribution >= 0.6 is 0 Å². The van der Waals surface area contributed by atoms with Gasteiger partial charge in [-0.2, -0.15) is 0 Å². The van der Waals surface area contributed by atoms with E-state index in [-0.39, 0.29) is 158 Å². The molecular formula is C29H255N. The van der Waals surface area contributed by atoms with Gasteiger partial charge in [0.25, 0.3) is 0 Å². The van der Waals surface area contributed by atoms with Crippen molar-refractivity contribution in [3.63, 3.8) is 0 Å². The third kappa shape index (κ3) is 5.77. The predicted molar refractivity (Wildman–Crippen MR) is 360 cm³/mol. The van der Waals surface area contributed by atoms with E-state index in [1.54, 1.807) is 0 Å². The van der Waals surface area contributed by atoms with E-state index in [0.717, 1.165) is 19.4 Å². The first-order chi connectivity index (χ1) is 14.1. The van der Waals surface area contributed by atoms with Crippen molar-refractivity contribution in [3.05, 3.63) is 58.7 Å². The molecule has 1 heteroatoms. The van der Waals surface area contributed by atoms with E-state index < -0.39 is 0 Å². The zero-order chi connectivity index (χ0) is 22.5. The van der Waals surface area contributed by atoms with Crippen LogP contribution in [0.3, 0.4) is 0 Å². The van der Waals surface area contributed by atoms with Gasteiger partial charge in [0.15, 0.2) is 0 Å². The maximum atomic E-state index is 3.48. The van der Waals surface area contributed by atoms with Crippen molar-refractivity contribution in [1.29, 1.82) is 0 Å². The van der Waals surface area contributed by atoms with E-state index >= 15 is 0 Å². The maximum Gasteiger partial charge on any atom is 0.0332 e. The van der Waals surface area contributed by atoms with Gasteiger partial charge >= 0.3 is 0 Å². The van der Waals surface area contributed by atoms with Crippen LogP contribution in [-0.2, 0) is 0 Å². The zero-order valence-corrected chi connectivity index (χ0v) is 20.7. The Hall–Kier alpha value is -2.04. The number of benzene rings is 2. The third-order valence-corrected chi connectivity index (χ3v) is 6.82. The average molecular weight is 619 g/mol. The highest BCUT2D eigenvalue weighted by atomic mass is 15.2. The molecule has 0 saturated carbocycles. The molecule has 2 rings (SSSR count). The summed E-state index contributed by atoms with van der Waals surface area (Å²) < 4.78 is 0. The molecule has 30 heavy (non-hydrogen) atoms. The van der Waals surface area contributed by atoms with Crippen LogP contribution in [0.1, 0.15) is 237 Å². The predicted octanol–water partition coefficient (Wildman–Crippen LogP) is 34.3. The molecule has 376 valence electrons. The Bertz CT molecular complexity index is 1050. The monoisotopic (exact) mass is 619 g/mol. The van der Waals surface area contributed by atoms with Gasteiger partial charge in [-0.25, -0.2) is 0 Å². The van der Waals surface area contributed by atoms with Gasteiger partial charge < -0.3 is 0 Å². The molecule has 0 bridgehead atoms. The van der Waals surface area contributed by atoms with E-state index in [9.17, 15) is 0 Å². The molecule has 0 aliphatic carbocycles. The lowest BCUT2D eigenvalue weighted by atomic mass is 9.85. The van der Waals surface area contributed by atoms with Gasteiger partial charge in [0.05, 0.1) is 0 Å². The van der Waals surface area contributed by atoms with Crippen LogP contribution in [0.4, 0.5) is 0 Å². The van der Waals surface area contributed by atoms with E-state index in [1.165, 1.54) is 33.0 Å². The number of nitrogens with zero attached hydrogens (tertiary/aromatic N) is 1.